The average molecular weight is 993 g/mol. The second kappa shape index (κ2) is 22.8. The zero-order valence-corrected chi connectivity index (χ0v) is 46.4. The fourth-order valence-electron chi connectivity index (χ4n) is 12.9. The van der Waals surface area contributed by atoms with Crippen LogP contribution < -0.4 is 0 Å². The second-order valence-electron chi connectivity index (χ2n) is 21.7. The van der Waals surface area contributed by atoms with Gasteiger partial charge in [-0.25, -0.2) is 0 Å². The summed E-state index contributed by atoms with van der Waals surface area (Å²) >= 11 is 0. The number of aryl methyl sites for hydroxylation is 2. The van der Waals surface area contributed by atoms with Crippen LogP contribution in [-0.4, -0.2) is 0 Å². The third-order valence-corrected chi connectivity index (χ3v) is 17.0. The van der Waals surface area contributed by atoms with E-state index in [9.17, 15) is 0 Å². The first-order chi connectivity index (χ1) is 37.1. The minimum absolute atomic E-state index is 0.351. The van der Waals surface area contributed by atoms with Gasteiger partial charge in [0.25, 0.3) is 0 Å². The lowest BCUT2D eigenvalue weighted by atomic mass is 9.70. The van der Waals surface area contributed by atoms with Crippen molar-refractivity contribution in [3.05, 3.63) is 267 Å². The van der Waals surface area contributed by atoms with Crippen molar-refractivity contribution in [1.82, 2.24) is 0 Å². The molecule has 0 amide bonds. The van der Waals surface area contributed by atoms with Crippen molar-refractivity contribution in [2.24, 2.45) is 0 Å². The van der Waals surface area contributed by atoms with Gasteiger partial charge >= 0.3 is 0 Å². The van der Waals surface area contributed by atoms with Crippen molar-refractivity contribution >= 4 is 27.7 Å². The first kappa shape index (κ1) is 52.0. The molecule has 9 aromatic rings. The maximum atomic E-state index is 6.71. The Kier molecular flexibility index (Phi) is 15.6. The van der Waals surface area contributed by atoms with Crippen LogP contribution in [0.3, 0.4) is 0 Å². The molecule has 8 aromatic carbocycles. The zero-order valence-electron chi connectivity index (χ0n) is 46.4. The lowest BCUT2D eigenvalue weighted by Crippen LogP contribution is -2.25. The first-order valence-corrected chi connectivity index (χ1v) is 28.3. The predicted octanol–water partition coefficient (Wildman–Crippen LogP) is 21.6. The van der Waals surface area contributed by atoms with Crippen molar-refractivity contribution in [2.45, 2.75) is 124 Å². The molecule has 1 heteroatoms. The average Bonchev–Trinajstić information content (AvgIpc) is 4.19. The minimum atomic E-state index is -0.351. The van der Waals surface area contributed by atoms with E-state index in [1.807, 2.05) is 0 Å². The van der Waals surface area contributed by atoms with E-state index in [1.165, 1.54) is 137 Å². The molecule has 0 saturated carbocycles. The highest BCUT2D eigenvalue weighted by Gasteiger charge is 2.52. The Morgan fingerprint density at radius 3 is 1.78 bits per heavy atom. The molecule has 11 rings (SSSR count). The van der Waals surface area contributed by atoms with Crippen LogP contribution in [0.4, 0.5) is 0 Å². The van der Waals surface area contributed by atoms with Crippen LogP contribution in [0.5, 0.6) is 0 Å². The summed E-state index contributed by atoms with van der Waals surface area (Å²) in [6.45, 7) is 23.0. The normalized spacial score (nSPS) is 14.0. The molecule has 2 aliphatic rings. The largest absolute Gasteiger partial charge is 0.456 e. The van der Waals surface area contributed by atoms with Crippen molar-refractivity contribution in [1.29, 1.82) is 0 Å². The van der Waals surface area contributed by atoms with Gasteiger partial charge in [0.15, 0.2) is 0 Å². The zero-order chi connectivity index (χ0) is 52.9. The van der Waals surface area contributed by atoms with Crippen LogP contribution in [0.2, 0.25) is 0 Å². The molecule has 0 aliphatic heterocycles. The van der Waals surface area contributed by atoms with Crippen LogP contribution in [0.25, 0.3) is 61.3 Å². The molecule has 0 bridgehead atoms. The van der Waals surface area contributed by atoms with E-state index in [0.717, 1.165) is 42.6 Å². The Morgan fingerprint density at radius 1 is 0.566 bits per heavy atom. The SMILES string of the molecule is C=C(C/C=C(\C)c1ccc2oc(-c3ccccc3CCC(C)c3ccccc3C(C)CCC)c(C)c2c1)c1cccc2c1-c1ccccc1C21c2ccccc2-c2ccccc21.CCC/C(=C(/C)CC)c1ccccc1. The Labute approximate surface area is 454 Å². The van der Waals surface area contributed by atoms with Crippen LogP contribution in [0, 0.1) is 6.92 Å². The highest BCUT2D eigenvalue weighted by Crippen LogP contribution is 2.63. The first-order valence-electron chi connectivity index (χ1n) is 28.3. The molecule has 2 unspecified atom stereocenters. The number of allylic oxidation sites excluding steroid dienone is 5. The summed E-state index contributed by atoms with van der Waals surface area (Å²) < 4.78 is 6.71. The standard InChI is InChI=1S/C61H56O.C14H20/c1-7-19-40(3)46-21-10-11-22-47(46)41(4)34-35-44-20-8-9-23-49(44)60-43(6)53-38-45(36-37-58(53)62-60)39(2)32-33-42(5)48-27-18-31-57-59(48)52-26-14-17-30-56(52)61(57)54-28-15-12-24-50(54)51-25-13-16-29-55(51)61;1-4-9-14(12(3)5-2)13-10-7-6-8-11-13/h8-18,20-32,36-38,40-41H,5,7,19,33-35H2,1-4,6H3;6-8,10-11H,4-5,9H2,1-3H3/b39-32+;14-12+. The van der Waals surface area contributed by atoms with Crippen molar-refractivity contribution in [3.63, 3.8) is 0 Å². The van der Waals surface area contributed by atoms with Crippen LogP contribution in [0.15, 0.2) is 211 Å². The summed E-state index contributed by atoms with van der Waals surface area (Å²) in [6.07, 6.45) is 11.2. The minimum Gasteiger partial charge on any atom is -0.456 e. The quantitative estimate of drug-likeness (QED) is 0.0940. The van der Waals surface area contributed by atoms with Gasteiger partial charge in [0.2, 0.25) is 0 Å². The van der Waals surface area contributed by atoms with Crippen LogP contribution in [-0.2, 0) is 11.8 Å². The van der Waals surface area contributed by atoms with Gasteiger partial charge in [-0.05, 0) is 178 Å². The van der Waals surface area contributed by atoms with Gasteiger partial charge in [0.05, 0.1) is 5.41 Å². The molecule has 2 atom stereocenters. The van der Waals surface area contributed by atoms with Crippen molar-refractivity contribution in [2.75, 3.05) is 0 Å². The molecule has 76 heavy (non-hydrogen) atoms. The van der Waals surface area contributed by atoms with E-state index >= 15 is 0 Å². The summed E-state index contributed by atoms with van der Waals surface area (Å²) in [7, 11) is 0. The Morgan fingerprint density at radius 2 is 1.13 bits per heavy atom. The number of furan rings is 1. The van der Waals surface area contributed by atoms with Gasteiger partial charge in [-0.1, -0.05) is 242 Å². The summed E-state index contributed by atoms with van der Waals surface area (Å²) in [5.74, 6) is 2.04. The molecule has 1 aromatic heterocycles. The number of hydrogen-bond acceptors (Lipinski definition) is 1. The molecule has 2 aliphatic carbocycles. The Hall–Kier alpha value is -7.48. The molecule has 1 spiro atoms. The topological polar surface area (TPSA) is 13.1 Å². The maximum Gasteiger partial charge on any atom is 0.138 e. The van der Waals surface area contributed by atoms with Gasteiger partial charge in [0, 0.05) is 16.5 Å². The fraction of sp³-hybridized carbons (Fsp3) is 0.253. The fourth-order valence-corrected chi connectivity index (χ4v) is 12.9. The van der Waals surface area contributed by atoms with E-state index in [0.29, 0.717) is 11.8 Å². The summed E-state index contributed by atoms with van der Waals surface area (Å²) in [6, 6.07) is 69.3. The summed E-state index contributed by atoms with van der Waals surface area (Å²) in [5.41, 5.74) is 27.3. The predicted molar refractivity (Wildman–Crippen MR) is 327 cm³/mol. The van der Waals surface area contributed by atoms with Crippen LogP contribution >= 0.6 is 0 Å². The van der Waals surface area contributed by atoms with Gasteiger partial charge in [0.1, 0.15) is 11.3 Å². The monoisotopic (exact) mass is 993 g/mol. The molecular weight excluding hydrogens is 917 g/mol. The summed E-state index contributed by atoms with van der Waals surface area (Å²) in [5, 5.41) is 1.17. The number of fused-ring (bicyclic) bond motifs is 11. The Bertz CT molecular complexity index is 3560. The third-order valence-electron chi connectivity index (χ3n) is 17.0. The van der Waals surface area contributed by atoms with Crippen molar-refractivity contribution in [3.8, 4) is 33.6 Å². The molecule has 0 fully saturated rings. The maximum absolute atomic E-state index is 6.71. The summed E-state index contributed by atoms with van der Waals surface area (Å²) in [4.78, 5) is 0. The highest BCUT2D eigenvalue weighted by atomic mass is 16.3. The second-order valence-corrected chi connectivity index (χ2v) is 21.7. The van der Waals surface area contributed by atoms with Gasteiger partial charge in [-0.15, -0.1) is 0 Å². The molecule has 0 radical (unpaired) electrons. The molecule has 1 heterocycles. The smallest absolute Gasteiger partial charge is 0.138 e. The number of rotatable bonds is 16. The lowest BCUT2D eigenvalue weighted by Gasteiger charge is -2.30. The lowest BCUT2D eigenvalue weighted by molar-refractivity contribution is 0.620. The molecule has 0 saturated heterocycles. The van der Waals surface area contributed by atoms with Crippen molar-refractivity contribution < 1.29 is 4.42 Å². The van der Waals surface area contributed by atoms with E-state index in [4.69, 9.17) is 11.0 Å². The molecule has 0 N–H and O–H groups in total. The molecule has 382 valence electrons. The van der Waals surface area contributed by atoms with Gasteiger partial charge < -0.3 is 4.42 Å². The number of hydrogen-bond donors (Lipinski definition) is 0. The highest BCUT2D eigenvalue weighted by molar-refractivity contribution is 5.99. The van der Waals surface area contributed by atoms with E-state index < -0.39 is 0 Å². The third kappa shape index (κ3) is 9.59. The van der Waals surface area contributed by atoms with Gasteiger partial charge in [-0.3, -0.25) is 0 Å². The van der Waals surface area contributed by atoms with Crippen LogP contribution in [0.1, 0.15) is 166 Å². The number of benzene rings is 8. The van der Waals surface area contributed by atoms with E-state index in [1.54, 1.807) is 0 Å². The Balaban J connectivity index is 0.000000409. The van der Waals surface area contributed by atoms with E-state index in [-0.39, 0.29) is 5.41 Å². The van der Waals surface area contributed by atoms with E-state index in [2.05, 4.69) is 250 Å². The van der Waals surface area contributed by atoms with Gasteiger partial charge in [-0.2, -0.15) is 0 Å². The molecule has 1 nitrogen and oxygen atoms in total. The molecular formula is C75H76O.